The monoisotopic (exact) mass is 281 g/mol. The van der Waals surface area contributed by atoms with E-state index in [1.165, 1.54) is 28.6 Å². The van der Waals surface area contributed by atoms with Crippen LogP contribution in [0.4, 0.5) is 5.69 Å². The lowest BCUT2D eigenvalue weighted by Gasteiger charge is -2.31. The highest BCUT2D eigenvalue weighted by Gasteiger charge is 2.31. The first-order chi connectivity index (χ1) is 7.86. The van der Waals surface area contributed by atoms with Crippen molar-refractivity contribution in [2.24, 2.45) is 5.92 Å². The first-order valence-electron chi connectivity index (χ1n) is 5.96. The molecule has 2 aliphatic rings. The van der Waals surface area contributed by atoms with Gasteiger partial charge >= 0.3 is 0 Å². The Hall–Kier alpha value is -0.540. The summed E-state index contributed by atoms with van der Waals surface area (Å²) in [5.74, 6) is 1.39. The van der Waals surface area contributed by atoms with E-state index in [0.717, 1.165) is 25.7 Å². The van der Waals surface area contributed by atoms with Crippen molar-refractivity contribution in [3.63, 3.8) is 0 Å². The van der Waals surface area contributed by atoms with Gasteiger partial charge in [0, 0.05) is 17.6 Å². The Morgan fingerprint density at radius 2 is 2.25 bits per heavy atom. The Morgan fingerprint density at radius 1 is 1.31 bits per heavy atom. The molecular formula is C13H16BrNO. The van der Waals surface area contributed by atoms with Gasteiger partial charge in [-0.2, -0.15) is 0 Å². The predicted octanol–water partition coefficient (Wildman–Crippen LogP) is 3.38. The molecule has 1 aromatic carbocycles. The molecule has 0 radical (unpaired) electrons. The van der Waals surface area contributed by atoms with Gasteiger partial charge in [-0.05, 0) is 52.2 Å². The predicted molar refractivity (Wildman–Crippen MR) is 68.9 cm³/mol. The lowest BCUT2D eigenvalue weighted by atomic mass is 9.80. The van der Waals surface area contributed by atoms with Gasteiger partial charge in [-0.3, -0.25) is 0 Å². The standard InChI is InChI=1S/C13H16BrNO/c14-12-3-1-2-11-10(4-6-15-13(11)12)9-5-7-16-8-9/h1-3,9-10,15H,4-8H2. The SMILES string of the molecule is Brc1cccc2c1NCCC2C1CCOC1. The molecule has 0 aliphatic carbocycles. The third-order valence-electron chi connectivity index (χ3n) is 3.74. The van der Waals surface area contributed by atoms with Crippen LogP contribution in [0.1, 0.15) is 24.3 Å². The zero-order chi connectivity index (χ0) is 11.0. The normalized spacial score (nSPS) is 28.6. The Balaban J connectivity index is 1.96. The molecule has 86 valence electrons. The summed E-state index contributed by atoms with van der Waals surface area (Å²) in [4.78, 5) is 0. The van der Waals surface area contributed by atoms with Gasteiger partial charge in [0.1, 0.15) is 0 Å². The zero-order valence-corrected chi connectivity index (χ0v) is 10.8. The summed E-state index contributed by atoms with van der Waals surface area (Å²) >= 11 is 3.62. The number of nitrogens with one attached hydrogen (secondary N) is 1. The van der Waals surface area contributed by atoms with Gasteiger partial charge in [-0.25, -0.2) is 0 Å². The minimum atomic E-state index is 0.677. The molecule has 0 saturated carbocycles. The van der Waals surface area contributed by atoms with E-state index in [9.17, 15) is 0 Å². The summed E-state index contributed by atoms with van der Waals surface area (Å²) in [6, 6.07) is 6.51. The van der Waals surface area contributed by atoms with Crippen molar-refractivity contribution in [3.8, 4) is 0 Å². The molecule has 1 fully saturated rings. The average Bonchev–Trinajstić information content (AvgIpc) is 2.82. The molecule has 3 rings (SSSR count). The minimum Gasteiger partial charge on any atom is -0.384 e. The van der Waals surface area contributed by atoms with Gasteiger partial charge in [0.15, 0.2) is 0 Å². The fourth-order valence-corrected chi connectivity index (χ4v) is 3.43. The molecule has 1 aromatic rings. The summed E-state index contributed by atoms with van der Waals surface area (Å²) in [6.07, 6.45) is 2.45. The molecule has 2 unspecified atom stereocenters. The van der Waals surface area contributed by atoms with E-state index in [1.54, 1.807) is 0 Å². The lowest BCUT2D eigenvalue weighted by Crippen LogP contribution is -2.23. The van der Waals surface area contributed by atoms with Crippen LogP contribution in [-0.2, 0) is 4.74 Å². The van der Waals surface area contributed by atoms with Crippen molar-refractivity contribution >= 4 is 21.6 Å². The van der Waals surface area contributed by atoms with Crippen LogP contribution in [0.5, 0.6) is 0 Å². The Morgan fingerprint density at radius 3 is 3.06 bits per heavy atom. The van der Waals surface area contributed by atoms with Crippen LogP contribution < -0.4 is 5.32 Å². The van der Waals surface area contributed by atoms with Crippen LogP contribution in [0.25, 0.3) is 0 Å². The molecule has 1 saturated heterocycles. The van der Waals surface area contributed by atoms with Gasteiger partial charge in [-0.1, -0.05) is 12.1 Å². The Labute approximate surface area is 105 Å². The number of rotatable bonds is 1. The highest BCUT2D eigenvalue weighted by molar-refractivity contribution is 9.10. The maximum absolute atomic E-state index is 5.52. The van der Waals surface area contributed by atoms with Gasteiger partial charge in [-0.15, -0.1) is 0 Å². The third kappa shape index (κ3) is 1.76. The molecule has 1 N–H and O–H groups in total. The smallest absolute Gasteiger partial charge is 0.0520 e. The number of halogens is 1. The van der Waals surface area contributed by atoms with Crippen LogP contribution in [-0.4, -0.2) is 19.8 Å². The molecule has 3 heteroatoms. The van der Waals surface area contributed by atoms with Crippen LogP contribution >= 0.6 is 15.9 Å². The number of fused-ring (bicyclic) bond motifs is 1. The molecule has 2 heterocycles. The molecular weight excluding hydrogens is 266 g/mol. The maximum atomic E-state index is 5.52. The topological polar surface area (TPSA) is 21.3 Å². The molecule has 2 aliphatic heterocycles. The van der Waals surface area contributed by atoms with Crippen LogP contribution in [0.15, 0.2) is 22.7 Å². The fourth-order valence-electron chi connectivity index (χ4n) is 2.90. The summed E-state index contributed by atoms with van der Waals surface area (Å²) in [7, 11) is 0. The van der Waals surface area contributed by atoms with E-state index in [1.807, 2.05) is 0 Å². The van der Waals surface area contributed by atoms with Gasteiger partial charge in [0.25, 0.3) is 0 Å². The number of benzene rings is 1. The highest BCUT2D eigenvalue weighted by atomic mass is 79.9. The molecule has 0 bridgehead atoms. The van der Waals surface area contributed by atoms with E-state index in [0.29, 0.717) is 5.92 Å². The molecule has 0 spiro atoms. The molecule has 2 atom stereocenters. The van der Waals surface area contributed by atoms with Crippen molar-refractivity contribution < 1.29 is 4.74 Å². The summed E-state index contributed by atoms with van der Waals surface area (Å²) in [5, 5.41) is 3.50. The second-order valence-corrected chi connectivity index (χ2v) is 5.50. The second kappa shape index (κ2) is 4.38. The Bertz CT molecular complexity index is 388. The van der Waals surface area contributed by atoms with Crippen molar-refractivity contribution in [1.29, 1.82) is 0 Å². The van der Waals surface area contributed by atoms with Crippen molar-refractivity contribution in [1.82, 2.24) is 0 Å². The summed E-state index contributed by atoms with van der Waals surface area (Å²) in [5.41, 5.74) is 2.77. The first-order valence-corrected chi connectivity index (χ1v) is 6.75. The van der Waals surface area contributed by atoms with Gasteiger partial charge < -0.3 is 10.1 Å². The van der Waals surface area contributed by atoms with E-state index in [-0.39, 0.29) is 0 Å². The van der Waals surface area contributed by atoms with Gasteiger partial charge in [0.2, 0.25) is 0 Å². The van der Waals surface area contributed by atoms with E-state index in [2.05, 4.69) is 39.4 Å². The number of anilines is 1. The first kappa shape index (κ1) is 10.6. The maximum Gasteiger partial charge on any atom is 0.0520 e. The van der Waals surface area contributed by atoms with Crippen LogP contribution in [0.2, 0.25) is 0 Å². The van der Waals surface area contributed by atoms with E-state index >= 15 is 0 Å². The molecule has 0 aromatic heterocycles. The Kier molecular flexibility index (Phi) is 2.90. The van der Waals surface area contributed by atoms with Crippen molar-refractivity contribution in [3.05, 3.63) is 28.2 Å². The molecule has 16 heavy (non-hydrogen) atoms. The van der Waals surface area contributed by atoms with E-state index in [4.69, 9.17) is 4.74 Å². The number of hydrogen-bond donors (Lipinski definition) is 1. The highest BCUT2D eigenvalue weighted by Crippen LogP contribution is 2.42. The second-order valence-electron chi connectivity index (χ2n) is 4.65. The van der Waals surface area contributed by atoms with Crippen molar-refractivity contribution in [2.75, 3.05) is 25.1 Å². The van der Waals surface area contributed by atoms with Crippen molar-refractivity contribution in [2.45, 2.75) is 18.8 Å². The quantitative estimate of drug-likeness (QED) is 0.852. The summed E-state index contributed by atoms with van der Waals surface area (Å²) < 4.78 is 6.71. The number of para-hydroxylation sites is 1. The average molecular weight is 282 g/mol. The van der Waals surface area contributed by atoms with Gasteiger partial charge in [0.05, 0.1) is 12.3 Å². The largest absolute Gasteiger partial charge is 0.384 e. The third-order valence-corrected chi connectivity index (χ3v) is 4.40. The molecule has 2 nitrogen and oxygen atoms in total. The zero-order valence-electron chi connectivity index (χ0n) is 9.21. The number of hydrogen-bond acceptors (Lipinski definition) is 2. The minimum absolute atomic E-state index is 0.677. The fraction of sp³-hybridized carbons (Fsp3) is 0.538. The molecule has 0 amide bonds. The van der Waals surface area contributed by atoms with Crippen LogP contribution in [0.3, 0.4) is 0 Å². The van der Waals surface area contributed by atoms with E-state index < -0.39 is 0 Å². The number of ether oxygens (including phenoxy) is 1. The lowest BCUT2D eigenvalue weighted by molar-refractivity contribution is 0.179. The summed E-state index contributed by atoms with van der Waals surface area (Å²) in [6.45, 7) is 2.96. The van der Waals surface area contributed by atoms with Crippen LogP contribution in [0, 0.1) is 5.92 Å².